The average molecular weight is 327 g/mol. The third-order valence-corrected chi connectivity index (χ3v) is 4.12. The van der Waals surface area contributed by atoms with Crippen LogP contribution in [0, 0.1) is 0 Å². The molecule has 1 aromatic carbocycles. The lowest BCUT2D eigenvalue weighted by Crippen LogP contribution is -2.25. The summed E-state index contributed by atoms with van der Waals surface area (Å²) in [5.74, 6) is 0.662. The molecule has 118 valence electrons. The molecule has 5 nitrogen and oxygen atoms in total. The van der Waals surface area contributed by atoms with Crippen LogP contribution in [0.2, 0.25) is 0 Å². The number of ether oxygens (including phenoxy) is 1. The van der Waals surface area contributed by atoms with E-state index in [0.29, 0.717) is 18.8 Å². The minimum absolute atomic E-state index is 0.177. The van der Waals surface area contributed by atoms with Crippen LogP contribution < -0.4 is 10.1 Å². The highest BCUT2D eigenvalue weighted by atomic mass is 32.1. The number of aromatic amines is 1. The third kappa shape index (κ3) is 4.20. The second-order valence-electron chi connectivity index (χ2n) is 4.92. The molecule has 3 rings (SSSR count). The summed E-state index contributed by atoms with van der Waals surface area (Å²) in [7, 11) is 0. The lowest BCUT2D eigenvalue weighted by molar-refractivity contribution is 0.0946. The largest absolute Gasteiger partial charge is 0.494 e. The molecule has 23 heavy (non-hydrogen) atoms. The molecule has 0 spiro atoms. The molecule has 1 amide bonds. The van der Waals surface area contributed by atoms with E-state index in [1.165, 1.54) is 0 Å². The molecule has 0 aliphatic rings. The summed E-state index contributed by atoms with van der Waals surface area (Å²) in [6.45, 7) is 1.11. The number of carbonyl (C=O) groups is 1. The summed E-state index contributed by atoms with van der Waals surface area (Å²) in [5.41, 5.74) is 1.26. The molecular weight excluding hydrogens is 310 g/mol. The molecule has 0 atom stereocenters. The standard InChI is InChI=1S/C17H17N3O2S/c21-17(15-12-14(19-20-15)16-8-4-11-23-16)18-9-5-10-22-13-6-2-1-3-7-13/h1-4,6-8,11-12H,5,9-10H2,(H,18,21)(H,19,20). The Balaban J connectivity index is 1.41. The summed E-state index contributed by atoms with van der Waals surface area (Å²) in [6.07, 6.45) is 0.739. The van der Waals surface area contributed by atoms with E-state index >= 15 is 0 Å². The fourth-order valence-electron chi connectivity index (χ4n) is 2.07. The van der Waals surface area contributed by atoms with Gasteiger partial charge < -0.3 is 10.1 Å². The average Bonchev–Trinajstić information content (AvgIpc) is 3.26. The van der Waals surface area contributed by atoms with Crippen molar-refractivity contribution in [2.45, 2.75) is 6.42 Å². The lowest BCUT2D eigenvalue weighted by Gasteiger charge is -2.06. The van der Waals surface area contributed by atoms with Crippen LogP contribution in [0.1, 0.15) is 16.9 Å². The van der Waals surface area contributed by atoms with Gasteiger partial charge in [0.05, 0.1) is 17.2 Å². The van der Waals surface area contributed by atoms with Crippen molar-refractivity contribution in [3.63, 3.8) is 0 Å². The van der Waals surface area contributed by atoms with Crippen LogP contribution in [0.4, 0.5) is 0 Å². The Morgan fingerprint density at radius 3 is 2.87 bits per heavy atom. The zero-order valence-electron chi connectivity index (χ0n) is 12.5. The van der Waals surface area contributed by atoms with E-state index in [4.69, 9.17) is 4.74 Å². The van der Waals surface area contributed by atoms with Gasteiger partial charge in [-0.25, -0.2) is 0 Å². The fourth-order valence-corrected chi connectivity index (χ4v) is 2.76. The molecule has 2 heterocycles. The Morgan fingerprint density at radius 1 is 1.22 bits per heavy atom. The Labute approximate surface area is 138 Å². The highest BCUT2D eigenvalue weighted by molar-refractivity contribution is 7.13. The van der Waals surface area contributed by atoms with Crippen LogP contribution >= 0.6 is 11.3 Å². The van der Waals surface area contributed by atoms with E-state index in [1.807, 2.05) is 47.8 Å². The third-order valence-electron chi connectivity index (χ3n) is 3.22. The zero-order valence-corrected chi connectivity index (χ0v) is 13.3. The highest BCUT2D eigenvalue weighted by Crippen LogP contribution is 2.22. The molecule has 0 unspecified atom stereocenters. The predicted octanol–water partition coefficient (Wildman–Crippen LogP) is 3.34. The van der Waals surface area contributed by atoms with Crippen molar-refractivity contribution in [2.24, 2.45) is 0 Å². The number of carbonyl (C=O) groups excluding carboxylic acids is 1. The van der Waals surface area contributed by atoms with Crippen molar-refractivity contribution in [1.82, 2.24) is 15.5 Å². The van der Waals surface area contributed by atoms with E-state index in [0.717, 1.165) is 22.7 Å². The molecule has 0 fully saturated rings. The van der Waals surface area contributed by atoms with E-state index < -0.39 is 0 Å². The maximum atomic E-state index is 12.0. The van der Waals surface area contributed by atoms with Crippen molar-refractivity contribution in [1.29, 1.82) is 0 Å². The number of hydrogen-bond acceptors (Lipinski definition) is 4. The SMILES string of the molecule is O=C(NCCCOc1ccccc1)c1cc(-c2cccs2)[nH]n1. The first-order valence-electron chi connectivity index (χ1n) is 7.38. The summed E-state index contributed by atoms with van der Waals surface area (Å²) < 4.78 is 5.57. The predicted molar refractivity (Wildman–Crippen MR) is 90.8 cm³/mol. The summed E-state index contributed by atoms with van der Waals surface area (Å²) in [6, 6.07) is 15.3. The number of thiophene rings is 1. The number of nitrogens with one attached hydrogen (secondary N) is 2. The lowest BCUT2D eigenvalue weighted by atomic mass is 10.3. The van der Waals surface area contributed by atoms with Crippen LogP contribution in [-0.4, -0.2) is 29.3 Å². The number of H-pyrrole nitrogens is 1. The van der Waals surface area contributed by atoms with Gasteiger partial charge in [-0.1, -0.05) is 24.3 Å². The fraction of sp³-hybridized carbons (Fsp3) is 0.176. The molecule has 6 heteroatoms. The number of amides is 1. The number of hydrogen-bond donors (Lipinski definition) is 2. The van der Waals surface area contributed by atoms with Crippen LogP contribution in [0.3, 0.4) is 0 Å². The van der Waals surface area contributed by atoms with Crippen molar-refractivity contribution in [2.75, 3.05) is 13.2 Å². The molecule has 2 N–H and O–H groups in total. The van der Waals surface area contributed by atoms with Gasteiger partial charge in [-0.3, -0.25) is 9.89 Å². The maximum absolute atomic E-state index is 12.0. The maximum Gasteiger partial charge on any atom is 0.271 e. The number of nitrogens with zero attached hydrogens (tertiary/aromatic N) is 1. The Morgan fingerprint density at radius 2 is 2.09 bits per heavy atom. The Bertz CT molecular complexity index is 738. The summed E-state index contributed by atoms with van der Waals surface area (Å²) in [4.78, 5) is 13.1. The first-order valence-corrected chi connectivity index (χ1v) is 8.26. The number of para-hydroxylation sites is 1. The molecule has 0 saturated carbocycles. The topological polar surface area (TPSA) is 67.0 Å². The van der Waals surface area contributed by atoms with Crippen LogP contribution in [0.25, 0.3) is 10.6 Å². The van der Waals surface area contributed by atoms with Gasteiger partial charge in [-0.05, 0) is 36.1 Å². The molecule has 2 aromatic heterocycles. The molecule has 0 saturated heterocycles. The molecule has 0 aliphatic carbocycles. The monoisotopic (exact) mass is 327 g/mol. The van der Waals surface area contributed by atoms with E-state index in [9.17, 15) is 4.79 Å². The first-order chi connectivity index (χ1) is 11.3. The second kappa shape index (κ2) is 7.60. The number of rotatable bonds is 7. The normalized spacial score (nSPS) is 10.4. The zero-order chi connectivity index (χ0) is 15.9. The summed E-state index contributed by atoms with van der Waals surface area (Å²) in [5, 5.41) is 11.8. The molecular formula is C17H17N3O2S. The van der Waals surface area contributed by atoms with Gasteiger partial charge in [0.1, 0.15) is 5.75 Å². The van der Waals surface area contributed by atoms with Crippen LogP contribution in [0.5, 0.6) is 5.75 Å². The van der Waals surface area contributed by atoms with Crippen LogP contribution in [-0.2, 0) is 0 Å². The second-order valence-corrected chi connectivity index (χ2v) is 5.86. The van der Waals surface area contributed by atoms with Crippen molar-refractivity contribution < 1.29 is 9.53 Å². The van der Waals surface area contributed by atoms with Gasteiger partial charge in [0, 0.05) is 6.54 Å². The van der Waals surface area contributed by atoms with Gasteiger partial charge in [-0.15, -0.1) is 11.3 Å². The number of aromatic nitrogens is 2. The molecule has 0 bridgehead atoms. The van der Waals surface area contributed by atoms with Gasteiger partial charge in [0.2, 0.25) is 0 Å². The highest BCUT2D eigenvalue weighted by Gasteiger charge is 2.11. The smallest absolute Gasteiger partial charge is 0.271 e. The van der Waals surface area contributed by atoms with Gasteiger partial charge in [0.15, 0.2) is 5.69 Å². The van der Waals surface area contributed by atoms with Gasteiger partial charge in [0.25, 0.3) is 5.91 Å². The van der Waals surface area contributed by atoms with Gasteiger partial charge >= 0.3 is 0 Å². The van der Waals surface area contributed by atoms with E-state index in [1.54, 1.807) is 17.4 Å². The Kier molecular flexibility index (Phi) is 5.06. The van der Waals surface area contributed by atoms with Crippen molar-refractivity contribution in [3.05, 3.63) is 59.6 Å². The Hall–Kier alpha value is -2.60. The molecule has 3 aromatic rings. The van der Waals surface area contributed by atoms with Crippen molar-refractivity contribution >= 4 is 17.2 Å². The minimum atomic E-state index is -0.177. The minimum Gasteiger partial charge on any atom is -0.494 e. The van der Waals surface area contributed by atoms with E-state index in [-0.39, 0.29) is 5.91 Å². The quantitative estimate of drug-likeness (QED) is 0.654. The van der Waals surface area contributed by atoms with E-state index in [2.05, 4.69) is 15.5 Å². The number of benzene rings is 1. The first kappa shape index (κ1) is 15.3. The molecule has 0 aliphatic heterocycles. The van der Waals surface area contributed by atoms with Crippen molar-refractivity contribution in [3.8, 4) is 16.3 Å². The van der Waals surface area contributed by atoms with Crippen LogP contribution in [0.15, 0.2) is 53.9 Å². The molecule has 0 radical (unpaired) electrons. The van der Waals surface area contributed by atoms with Gasteiger partial charge in [-0.2, -0.15) is 5.10 Å². The summed E-state index contributed by atoms with van der Waals surface area (Å²) >= 11 is 1.60.